The number of hydrogen-bond donors (Lipinski definition) is 2. The molecule has 0 bridgehead atoms. The zero-order valence-electron chi connectivity index (χ0n) is 19.8. The number of halogens is 1. The normalized spacial score (nSPS) is 11.8. The van der Waals surface area contributed by atoms with Crippen LogP contribution in [0.15, 0.2) is 82.0 Å². The Balaban J connectivity index is 1.25. The summed E-state index contributed by atoms with van der Waals surface area (Å²) in [4.78, 5) is 25.5. The second-order valence-electron chi connectivity index (χ2n) is 8.46. The molecule has 0 saturated heterocycles. The number of rotatable bonds is 8. The zero-order chi connectivity index (χ0) is 25.8. The topological polar surface area (TPSA) is 123 Å². The molecular formula is C27H22ClN5O4. The third-order valence-electron chi connectivity index (χ3n) is 5.94. The maximum absolute atomic E-state index is 12.9. The molecular weight excluding hydrogens is 494 g/mol. The van der Waals surface area contributed by atoms with E-state index < -0.39 is 0 Å². The molecule has 10 heteroatoms. The Morgan fingerprint density at radius 3 is 2.62 bits per heavy atom. The molecule has 186 valence electrons. The summed E-state index contributed by atoms with van der Waals surface area (Å²) in [6.45, 7) is 2.67. The van der Waals surface area contributed by atoms with Gasteiger partial charge >= 0.3 is 0 Å². The monoisotopic (exact) mass is 515 g/mol. The van der Waals surface area contributed by atoms with Crippen molar-refractivity contribution in [1.82, 2.24) is 20.6 Å². The lowest BCUT2D eigenvalue weighted by atomic mass is 9.98. The van der Waals surface area contributed by atoms with Crippen LogP contribution in [0.3, 0.4) is 0 Å². The molecule has 0 aliphatic heterocycles. The van der Waals surface area contributed by atoms with E-state index in [1.54, 1.807) is 42.5 Å². The van der Waals surface area contributed by atoms with Crippen LogP contribution in [0.5, 0.6) is 5.75 Å². The van der Waals surface area contributed by atoms with Gasteiger partial charge in [0.1, 0.15) is 5.75 Å². The van der Waals surface area contributed by atoms with Crippen molar-refractivity contribution in [3.8, 4) is 17.3 Å². The van der Waals surface area contributed by atoms with Gasteiger partial charge in [-0.15, -0.1) is 10.2 Å². The number of nitrogens with one attached hydrogen (secondary N) is 2. The number of anilines is 1. The molecule has 1 atom stereocenters. The first-order chi connectivity index (χ1) is 18.0. The minimum atomic E-state index is -0.358. The lowest BCUT2D eigenvalue weighted by Gasteiger charge is -2.13. The lowest BCUT2D eigenvalue weighted by molar-refractivity contribution is 0.102. The first kappa shape index (κ1) is 24.2. The van der Waals surface area contributed by atoms with Crippen LogP contribution in [0.1, 0.15) is 35.2 Å². The van der Waals surface area contributed by atoms with Gasteiger partial charge in [-0.1, -0.05) is 36.7 Å². The van der Waals surface area contributed by atoms with Gasteiger partial charge in [-0.25, -0.2) is 0 Å². The minimum Gasteiger partial charge on any atom is -0.494 e. The summed E-state index contributed by atoms with van der Waals surface area (Å²) in [5.74, 6) is 0.908. The van der Waals surface area contributed by atoms with Crippen molar-refractivity contribution in [3.05, 3.63) is 99.2 Å². The number of aromatic nitrogens is 4. The second-order valence-corrected chi connectivity index (χ2v) is 8.90. The third kappa shape index (κ3) is 5.52. The highest BCUT2D eigenvalue weighted by atomic mass is 35.5. The molecule has 9 nitrogen and oxygen atoms in total. The van der Waals surface area contributed by atoms with E-state index in [4.69, 9.17) is 20.8 Å². The summed E-state index contributed by atoms with van der Waals surface area (Å²) < 4.78 is 11.7. The van der Waals surface area contributed by atoms with E-state index in [2.05, 4.69) is 32.9 Å². The molecule has 2 heterocycles. The summed E-state index contributed by atoms with van der Waals surface area (Å²) in [6, 6.07) is 20.9. The van der Waals surface area contributed by atoms with Crippen molar-refractivity contribution in [2.45, 2.75) is 19.3 Å². The summed E-state index contributed by atoms with van der Waals surface area (Å²) >= 11 is 5.96. The fourth-order valence-electron chi connectivity index (χ4n) is 3.86. The Hall–Kier alpha value is -4.50. The van der Waals surface area contributed by atoms with Crippen LogP contribution in [0.4, 0.5) is 5.69 Å². The maximum atomic E-state index is 12.9. The summed E-state index contributed by atoms with van der Waals surface area (Å²) in [5.41, 5.74) is 1.91. The van der Waals surface area contributed by atoms with E-state index in [1.807, 2.05) is 24.3 Å². The van der Waals surface area contributed by atoms with Crippen LogP contribution in [0.25, 0.3) is 22.6 Å². The Labute approximate surface area is 216 Å². The molecule has 5 aromatic rings. The zero-order valence-corrected chi connectivity index (χ0v) is 20.5. The number of para-hydroxylation sites is 1. The van der Waals surface area contributed by atoms with Crippen molar-refractivity contribution in [2.24, 2.45) is 0 Å². The first-order valence-electron chi connectivity index (χ1n) is 11.6. The Morgan fingerprint density at radius 1 is 1.11 bits per heavy atom. The number of ether oxygens (including phenoxy) is 1. The number of H-pyrrole nitrogens is 1. The molecule has 0 aliphatic rings. The minimum absolute atomic E-state index is 0.137. The van der Waals surface area contributed by atoms with Crippen LogP contribution in [-0.2, 0) is 0 Å². The number of tetrazole rings is 1. The quantitative estimate of drug-likeness (QED) is 0.281. The second kappa shape index (κ2) is 10.6. The Morgan fingerprint density at radius 2 is 1.89 bits per heavy atom. The standard InChI is InChI=1S/C27H22ClN5O4/c1-16(17-5-9-19(28)10-6-17)13-14-36-20-11-7-18(8-12-20)27(35)29-22-4-2-3-21-23(34)15-24(37-25(21)22)26-30-32-33-31-26/h2-12,15-16H,13-14H2,1H3,(H,29,35)(H,30,31,32,33). The number of fused-ring (bicyclic) bond motifs is 1. The number of aromatic amines is 1. The Bertz CT molecular complexity index is 1580. The predicted octanol–water partition coefficient (Wildman–Crippen LogP) is 5.45. The summed E-state index contributed by atoms with van der Waals surface area (Å²) in [7, 11) is 0. The number of nitrogens with zero attached hydrogens (tertiary/aromatic N) is 3. The molecule has 2 N–H and O–H groups in total. The number of amides is 1. The number of carbonyl (C=O) groups is 1. The Kier molecular flexibility index (Phi) is 6.96. The highest BCUT2D eigenvalue weighted by Gasteiger charge is 2.15. The molecule has 0 saturated carbocycles. The van der Waals surface area contributed by atoms with Gasteiger partial charge in [0, 0.05) is 16.7 Å². The highest BCUT2D eigenvalue weighted by molar-refractivity contribution is 6.30. The van der Waals surface area contributed by atoms with Gasteiger partial charge in [-0.05, 0) is 71.6 Å². The van der Waals surface area contributed by atoms with Crippen LogP contribution >= 0.6 is 11.6 Å². The van der Waals surface area contributed by atoms with Crippen LogP contribution < -0.4 is 15.5 Å². The first-order valence-corrected chi connectivity index (χ1v) is 12.0. The molecule has 0 aliphatic carbocycles. The molecule has 0 radical (unpaired) electrons. The van der Waals surface area contributed by atoms with Crippen LogP contribution in [-0.4, -0.2) is 33.1 Å². The van der Waals surface area contributed by atoms with Gasteiger partial charge in [-0.2, -0.15) is 5.21 Å². The molecule has 1 amide bonds. The van der Waals surface area contributed by atoms with Gasteiger partial charge in [0.25, 0.3) is 5.91 Å². The van der Waals surface area contributed by atoms with Crippen molar-refractivity contribution in [3.63, 3.8) is 0 Å². The van der Waals surface area contributed by atoms with Gasteiger partial charge in [0.15, 0.2) is 16.8 Å². The predicted molar refractivity (Wildman–Crippen MR) is 140 cm³/mol. The van der Waals surface area contributed by atoms with E-state index in [9.17, 15) is 9.59 Å². The van der Waals surface area contributed by atoms with Crippen molar-refractivity contribution in [2.75, 3.05) is 11.9 Å². The highest BCUT2D eigenvalue weighted by Crippen LogP contribution is 2.26. The van der Waals surface area contributed by atoms with E-state index >= 15 is 0 Å². The van der Waals surface area contributed by atoms with Gasteiger partial charge in [0.05, 0.1) is 17.7 Å². The number of benzene rings is 3. The molecule has 37 heavy (non-hydrogen) atoms. The van der Waals surface area contributed by atoms with Crippen LogP contribution in [0, 0.1) is 0 Å². The molecule has 5 rings (SSSR count). The summed E-state index contributed by atoms with van der Waals surface area (Å²) in [5, 5.41) is 17.4. The molecule has 3 aromatic carbocycles. The van der Waals surface area contributed by atoms with Gasteiger partial charge < -0.3 is 14.5 Å². The van der Waals surface area contributed by atoms with Gasteiger partial charge in [-0.3, -0.25) is 9.59 Å². The van der Waals surface area contributed by atoms with Crippen molar-refractivity contribution >= 4 is 34.2 Å². The van der Waals surface area contributed by atoms with E-state index in [-0.39, 0.29) is 28.5 Å². The van der Waals surface area contributed by atoms with Gasteiger partial charge in [0.2, 0.25) is 5.82 Å². The molecule has 0 fully saturated rings. The number of carbonyl (C=O) groups excluding carboxylic acids is 1. The molecule has 1 unspecified atom stereocenters. The number of hydrogen-bond acceptors (Lipinski definition) is 7. The SMILES string of the molecule is CC(CCOc1ccc(C(=O)Nc2cccc3c(=O)cc(-c4nn[nH]n4)oc23)cc1)c1ccc(Cl)cc1. The average Bonchev–Trinajstić information content (AvgIpc) is 3.45. The maximum Gasteiger partial charge on any atom is 0.255 e. The summed E-state index contributed by atoms with van der Waals surface area (Å²) in [6.07, 6.45) is 0.835. The fraction of sp³-hybridized carbons (Fsp3) is 0.148. The molecule has 2 aromatic heterocycles. The third-order valence-corrected chi connectivity index (χ3v) is 6.20. The van der Waals surface area contributed by atoms with E-state index in [0.29, 0.717) is 34.9 Å². The lowest BCUT2D eigenvalue weighted by Crippen LogP contribution is -2.13. The average molecular weight is 516 g/mol. The van der Waals surface area contributed by atoms with Crippen molar-refractivity contribution in [1.29, 1.82) is 0 Å². The fourth-order valence-corrected chi connectivity index (χ4v) is 3.99. The largest absolute Gasteiger partial charge is 0.494 e. The van der Waals surface area contributed by atoms with Crippen LogP contribution in [0.2, 0.25) is 5.02 Å². The molecule has 0 spiro atoms. The smallest absolute Gasteiger partial charge is 0.255 e. The van der Waals surface area contributed by atoms with E-state index in [1.165, 1.54) is 11.6 Å². The van der Waals surface area contributed by atoms with E-state index in [0.717, 1.165) is 11.4 Å². The van der Waals surface area contributed by atoms with Crippen molar-refractivity contribution < 1.29 is 13.9 Å².